The summed E-state index contributed by atoms with van der Waals surface area (Å²) >= 11 is 3.43. The number of aliphatic hydroxyl groups is 1. The van der Waals surface area contributed by atoms with Gasteiger partial charge in [0.1, 0.15) is 0 Å². The van der Waals surface area contributed by atoms with Gasteiger partial charge in [-0.05, 0) is 24.6 Å². The number of aliphatic hydroxyl groups excluding tert-OH is 1. The molecule has 3 nitrogen and oxygen atoms in total. The minimum Gasteiger partial charge on any atom is -0.489 e. The number of hydrogen-bond donors (Lipinski definition) is 1. The van der Waals surface area contributed by atoms with Crippen LogP contribution in [0.3, 0.4) is 0 Å². The lowest BCUT2D eigenvalue weighted by atomic mass is 9.97. The molecule has 0 radical (unpaired) electrons. The molecule has 17 heavy (non-hydrogen) atoms. The molecule has 1 aliphatic rings. The van der Waals surface area contributed by atoms with Gasteiger partial charge in [0.2, 0.25) is 0 Å². The first kappa shape index (κ1) is 12.7. The number of rotatable bonds is 1. The fourth-order valence-corrected chi connectivity index (χ4v) is 2.34. The number of halogens is 1. The van der Waals surface area contributed by atoms with E-state index in [1.807, 2.05) is 12.1 Å². The maximum absolute atomic E-state index is 9.65. The Labute approximate surface area is 110 Å². The molecule has 1 N–H and O–H groups in total. The summed E-state index contributed by atoms with van der Waals surface area (Å²) < 4.78 is 12.3. The third-order valence-corrected chi connectivity index (χ3v) is 3.44. The summed E-state index contributed by atoms with van der Waals surface area (Å²) in [4.78, 5) is 0. The van der Waals surface area contributed by atoms with Crippen molar-refractivity contribution < 1.29 is 14.6 Å². The first-order chi connectivity index (χ1) is 7.89. The van der Waals surface area contributed by atoms with Gasteiger partial charge in [0, 0.05) is 9.89 Å². The zero-order chi connectivity index (χ0) is 12.6. The summed E-state index contributed by atoms with van der Waals surface area (Å²) in [5.41, 5.74) is 0.809. The standard InChI is InChI=1S/C13H17BrO3/c1-8(15)9-4-11-12(5-10(9)14)17-7-13(2,3)6-16-11/h4-5,8,15H,6-7H2,1-3H3. The highest BCUT2D eigenvalue weighted by Gasteiger charge is 2.26. The molecule has 0 bridgehead atoms. The maximum atomic E-state index is 9.65. The van der Waals surface area contributed by atoms with Crippen LogP contribution in [0, 0.1) is 5.41 Å². The van der Waals surface area contributed by atoms with Gasteiger partial charge < -0.3 is 14.6 Å². The third-order valence-electron chi connectivity index (χ3n) is 2.75. The Morgan fingerprint density at radius 2 is 1.76 bits per heavy atom. The zero-order valence-corrected chi connectivity index (χ0v) is 11.9. The molecule has 2 rings (SSSR count). The largest absolute Gasteiger partial charge is 0.489 e. The summed E-state index contributed by atoms with van der Waals surface area (Å²) in [6, 6.07) is 3.70. The first-order valence-electron chi connectivity index (χ1n) is 5.66. The van der Waals surface area contributed by atoms with E-state index in [4.69, 9.17) is 9.47 Å². The monoisotopic (exact) mass is 300 g/mol. The quantitative estimate of drug-likeness (QED) is 0.865. The van der Waals surface area contributed by atoms with E-state index in [9.17, 15) is 5.11 Å². The molecule has 0 fully saturated rings. The summed E-state index contributed by atoms with van der Waals surface area (Å²) in [5, 5.41) is 9.65. The van der Waals surface area contributed by atoms with Crippen LogP contribution in [-0.2, 0) is 0 Å². The van der Waals surface area contributed by atoms with E-state index >= 15 is 0 Å². The van der Waals surface area contributed by atoms with E-state index in [-0.39, 0.29) is 5.41 Å². The second-order valence-electron chi connectivity index (χ2n) is 5.24. The molecule has 1 aromatic carbocycles. The van der Waals surface area contributed by atoms with E-state index in [0.717, 1.165) is 15.8 Å². The molecular formula is C13H17BrO3. The zero-order valence-electron chi connectivity index (χ0n) is 10.3. The fraction of sp³-hybridized carbons (Fsp3) is 0.538. The average Bonchev–Trinajstić information content (AvgIpc) is 2.37. The SMILES string of the molecule is CC(O)c1cc2c(cc1Br)OCC(C)(C)CO2. The average molecular weight is 301 g/mol. The predicted molar refractivity (Wildman–Crippen MR) is 69.5 cm³/mol. The second kappa shape index (κ2) is 4.50. The Morgan fingerprint density at radius 1 is 1.24 bits per heavy atom. The number of hydrogen-bond acceptors (Lipinski definition) is 3. The molecule has 1 unspecified atom stereocenters. The van der Waals surface area contributed by atoms with Crippen molar-refractivity contribution in [1.29, 1.82) is 0 Å². The Morgan fingerprint density at radius 3 is 2.29 bits per heavy atom. The second-order valence-corrected chi connectivity index (χ2v) is 6.09. The predicted octanol–water partition coefficient (Wildman–Crippen LogP) is 3.30. The van der Waals surface area contributed by atoms with E-state index in [2.05, 4.69) is 29.8 Å². The molecule has 4 heteroatoms. The van der Waals surface area contributed by atoms with Gasteiger partial charge in [-0.1, -0.05) is 29.8 Å². The normalized spacial score (nSPS) is 19.6. The molecule has 0 spiro atoms. The van der Waals surface area contributed by atoms with Gasteiger partial charge in [-0.15, -0.1) is 0 Å². The van der Waals surface area contributed by atoms with E-state index in [1.54, 1.807) is 6.92 Å². The molecule has 0 amide bonds. The van der Waals surface area contributed by atoms with Crippen molar-refractivity contribution in [2.24, 2.45) is 5.41 Å². The lowest BCUT2D eigenvalue weighted by Crippen LogP contribution is -2.26. The Hall–Kier alpha value is -0.740. The highest BCUT2D eigenvalue weighted by atomic mass is 79.9. The number of fused-ring (bicyclic) bond motifs is 1. The van der Waals surface area contributed by atoms with Crippen LogP contribution in [-0.4, -0.2) is 18.3 Å². The summed E-state index contributed by atoms with van der Waals surface area (Å²) in [5.74, 6) is 1.43. The molecule has 1 aliphatic heterocycles. The van der Waals surface area contributed by atoms with Gasteiger partial charge in [0.05, 0.1) is 19.3 Å². The molecule has 0 saturated heterocycles. The van der Waals surface area contributed by atoms with Gasteiger partial charge in [-0.3, -0.25) is 0 Å². The van der Waals surface area contributed by atoms with Crippen LogP contribution < -0.4 is 9.47 Å². The van der Waals surface area contributed by atoms with Crippen molar-refractivity contribution in [1.82, 2.24) is 0 Å². The van der Waals surface area contributed by atoms with Gasteiger partial charge in [-0.2, -0.15) is 0 Å². The van der Waals surface area contributed by atoms with Crippen LogP contribution in [0.5, 0.6) is 11.5 Å². The molecule has 1 heterocycles. The molecule has 0 aliphatic carbocycles. The highest BCUT2D eigenvalue weighted by molar-refractivity contribution is 9.10. The molecule has 94 valence electrons. The minimum absolute atomic E-state index is 0.00348. The van der Waals surface area contributed by atoms with Crippen LogP contribution in [0.4, 0.5) is 0 Å². The first-order valence-corrected chi connectivity index (χ1v) is 6.45. The van der Waals surface area contributed by atoms with Crippen molar-refractivity contribution in [3.63, 3.8) is 0 Å². The maximum Gasteiger partial charge on any atom is 0.162 e. The lowest BCUT2D eigenvalue weighted by molar-refractivity contribution is 0.140. The van der Waals surface area contributed by atoms with Gasteiger partial charge in [0.15, 0.2) is 11.5 Å². The number of ether oxygens (including phenoxy) is 2. The van der Waals surface area contributed by atoms with Crippen LogP contribution >= 0.6 is 15.9 Å². The van der Waals surface area contributed by atoms with Crippen LogP contribution in [0.1, 0.15) is 32.4 Å². The van der Waals surface area contributed by atoms with Crippen molar-refractivity contribution in [3.8, 4) is 11.5 Å². The Bertz CT molecular complexity index is 427. The highest BCUT2D eigenvalue weighted by Crippen LogP contribution is 2.39. The van der Waals surface area contributed by atoms with E-state index < -0.39 is 6.10 Å². The number of benzene rings is 1. The topological polar surface area (TPSA) is 38.7 Å². The van der Waals surface area contributed by atoms with Crippen molar-refractivity contribution >= 4 is 15.9 Å². The molecule has 1 aromatic rings. The van der Waals surface area contributed by atoms with Crippen molar-refractivity contribution in [3.05, 3.63) is 22.2 Å². The van der Waals surface area contributed by atoms with Crippen LogP contribution in [0.15, 0.2) is 16.6 Å². The van der Waals surface area contributed by atoms with Gasteiger partial charge in [-0.25, -0.2) is 0 Å². The summed E-state index contributed by atoms with van der Waals surface area (Å²) in [6.07, 6.45) is -0.533. The van der Waals surface area contributed by atoms with Gasteiger partial charge in [0.25, 0.3) is 0 Å². The smallest absolute Gasteiger partial charge is 0.162 e. The Balaban J connectivity index is 2.38. The van der Waals surface area contributed by atoms with Crippen molar-refractivity contribution in [2.45, 2.75) is 26.9 Å². The summed E-state index contributed by atoms with van der Waals surface area (Å²) in [6.45, 7) is 7.17. The molecular weight excluding hydrogens is 284 g/mol. The van der Waals surface area contributed by atoms with Gasteiger partial charge >= 0.3 is 0 Å². The molecule has 0 saturated carbocycles. The van der Waals surface area contributed by atoms with Crippen LogP contribution in [0.2, 0.25) is 0 Å². The third kappa shape index (κ3) is 2.75. The minimum atomic E-state index is -0.533. The van der Waals surface area contributed by atoms with E-state index in [1.165, 1.54) is 0 Å². The Kier molecular flexibility index (Phi) is 3.36. The van der Waals surface area contributed by atoms with E-state index in [0.29, 0.717) is 19.0 Å². The lowest BCUT2D eigenvalue weighted by Gasteiger charge is -2.19. The van der Waals surface area contributed by atoms with Crippen molar-refractivity contribution in [2.75, 3.05) is 13.2 Å². The summed E-state index contributed by atoms with van der Waals surface area (Å²) in [7, 11) is 0. The van der Waals surface area contributed by atoms with Crippen LogP contribution in [0.25, 0.3) is 0 Å². The molecule has 1 atom stereocenters. The molecule has 0 aromatic heterocycles. The fourth-order valence-electron chi connectivity index (χ4n) is 1.68.